The molecule has 1 aromatic carbocycles. The molecule has 6 rings (SSSR count). The number of carbonyl (C=O) groups is 1. The summed E-state index contributed by atoms with van der Waals surface area (Å²) < 4.78 is 14.1. The van der Waals surface area contributed by atoms with Gasteiger partial charge in [-0.15, -0.1) is 0 Å². The molecule has 0 bridgehead atoms. The molecule has 1 aliphatic heterocycles. The molecule has 4 aromatic rings. The monoisotopic (exact) mass is 518 g/mol. The van der Waals surface area contributed by atoms with Crippen LogP contribution in [0.1, 0.15) is 37.4 Å². The van der Waals surface area contributed by atoms with E-state index in [0.29, 0.717) is 59.8 Å². The number of pyridine rings is 1. The van der Waals surface area contributed by atoms with E-state index >= 15 is 0 Å². The molecule has 1 saturated heterocycles. The summed E-state index contributed by atoms with van der Waals surface area (Å²) >= 11 is 6.77. The number of halogens is 1. The second-order valence-electron chi connectivity index (χ2n) is 9.87. The van der Waals surface area contributed by atoms with Crippen LogP contribution in [0.25, 0.3) is 22.6 Å². The number of aromatic nitrogens is 5. The molecule has 1 saturated carbocycles. The van der Waals surface area contributed by atoms with Gasteiger partial charge in [0, 0.05) is 24.7 Å². The van der Waals surface area contributed by atoms with Crippen molar-refractivity contribution in [3.05, 3.63) is 59.1 Å². The Bertz CT molecular complexity index is 1500. The van der Waals surface area contributed by atoms with Crippen LogP contribution >= 0.6 is 11.6 Å². The van der Waals surface area contributed by atoms with Crippen LogP contribution < -0.4 is 9.47 Å². The molecule has 2 fully saturated rings. The lowest BCUT2D eigenvalue weighted by atomic mass is 10.2. The van der Waals surface area contributed by atoms with E-state index in [-0.39, 0.29) is 11.5 Å². The number of rotatable bonds is 9. The van der Waals surface area contributed by atoms with E-state index in [2.05, 4.69) is 21.9 Å². The Morgan fingerprint density at radius 3 is 2.70 bits per heavy atom. The molecule has 2 aliphatic rings. The fraction of sp³-hybridized carbons (Fsp3) is 0.370. The molecular weight excluding hydrogens is 492 g/mol. The lowest BCUT2D eigenvalue weighted by Gasteiger charge is -2.30. The number of likely N-dealkylation sites (tertiary alicyclic amines) is 1. The highest BCUT2D eigenvalue weighted by Gasteiger charge is 2.41. The number of carbonyl (C=O) groups excluding carboxylic acids is 1. The van der Waals surface area contributed by atoms with Crippen molar-refractivity contribution >= 4 is 28.7 Å². The number of hydrogen-bond donors (Lipinski definition) is 0. The fourth-order valence-corrected chi connectivity index (χ4v) is 4.60. The van der Waals surface area contributed by atoms with Crippen molar-refractivity contribution in [3.8, 4) is 23.0 Å². The predicted octanol–water partition coefficient (Wildman–Crippen LogP) is 4.44. The Kier molecular flexibility index (Phi) is 5.95. The number of hydrogen-bond acceptors (Lipinski definition) is 7. The molecule has 0 unspecified atom stereocenters. The molecule has 190 valence electrons. The van der Waals surface area contributed by atoms with Gasteiger partial charge in [-0.2, -0.15) is 4.98 Å². The minimum Gasteiger partial charge on any atom is -0.492 e. The van der Waals surface area contributed by atoms with Gasteiger partial charge in [0.2, 0.25) is 11.8 Å². The van der Waals surface area contributed by atoms with E-state index in [4.69, 9.17) is 26.1 Å². The maximum atomic E-state index is 11.5. The number of nitrogens with zero attached hydrogens (tertiary/aromatic N) is 6. The molecule has 4 heterocycles. The van der Waals surface area contributed by atoms with Crippen LogP contribution in [-0.4, -0.2) is 60.6 Å². The Balaban J connectivity index is 1.35. The van der Waals surface area contributed by atoms with Crippen molar-refractivity contribution in [1.29, 1.82) is 0 Å². The number of aryl methyl sites for hydroxylation is 1. The Hall–Kier alpha value is -3.72. The topological polar surface area (TPSA) is 95.3 Å². The highest BCUT2D eigenvalue weighted by Crippen LogP contribution is 2.41. The van der Waals surface area contributed by atoms with Crippen molar-refractivity contribution in [2.24, 2.45) is 0 Å². The maximum absolute atomic E-state index is 11.5. The second-order valence-corrected chi connectivity index (χ2v) is 10.3. The summed E-state index contributed by atoms with van der Waals surface area (Å²) in [5, 5.41) is 0.496. The molecule has 3 aromatic heterocycles. The van der Waals surface area contributed by atoms with Crippen molar-refractivity contribution in [2.45, 2.75) is 45.3 Å². The van der Waals surface area contributed by atoms with Gasteiger partial charge in [0.15, 0.2) is 11.2 Å². The summed E-state index contributed by atoms with van der Waals surface area (Å²) in [6.07, 6.45) is 5.90. The highest BCUT2D eigenvalue weighted by atomic mass is 35.5. The SMILES string of the molecule is Cc1ccnc(Cn2c(-c3ccc(OCCN4CCC4=O)cc3Cl)nc3c(OC4(C)CC4)ncnc32)c1. The number of ether oxygens (including phenoxy) is 2. The van der Waals surface area contributed by atoms with E-state index in [1.54, 1.807) is 17.2 Å². The zero-order valence-electron chi connectivity index (χ0n) is 20.8. The van der Waals surface area contributed by atoms with E-state index in [0.717, 1.165) is 36.2 Å². The molecule has 10 heteroatoms. The van der Waals surface area contributed by atoms with Gasteiger partial charge in [-0.1, -0.05) is 11.6 Å². The zero-order chi connectivity index (χ0) is 25.6. The lowest BCUT2D eigenvalue weighted by molar-refractivity contribution is -0.140. The zero-order valence-corrected chi connectivity index (χ0v) is 21.5. The maximum Gasteiger partial charge on any atom is 0.245 e. The van der Waals surface area contributed by atoms with Gasteiger partial charge in [0.05, 0.1) is 23.8 Å². The van der Waals surface area contributed by atoms with Gasteiger partial charge >= 0.3 is 0 Å². The molecule has 1 amide bonds. The van der Waals surface area contributed by atoms with Crippen molar-refractivity contribution in [2.75, 3.05) is 19.7 Å². The first-order valence-electron chi connectivity index (χ1n) is 12.4. The molecule has 0 spiro atoms. The van der Waals surface area contributed by atoms with Crippen LogP contribution in [0.5, 0.6) is 11.6 Å². The molecule has 37 heavy (non-hydrogen) atoms. The fourth-order valence-electron chi connectivity index (χ4n) is 4.34. The molecule has 0 radical (unpaired) electrons. The third kappa shape index (κ3) is 4.83. The average molecular weight is 519 g/mol. The number of benzene rings is 1. The molecule has 0 N–H and O–H groups in total. The smallest absolute Gasteiger partial charge is 0.245 e. The Morgan fingerprint density at radius 1 is 1.14 bits per heavy atom. The van der Waals surface area contributed by atoms with Crippen LogP contribution in [0, 0.1) is 6.92 Å². The van der Waals surface area contributed by atoms with Gasteiger partial charge in [0.1, 0.15) is 30.1 Å². The first-order chi connectivity index (χ1) is 17.9. The Labute approximate surface area is 219 Å². The predicted molar refractivity (Wildman–Crippen MR) is 139 cm³/mol. The summed E-state index contributed by atoms with van der Waals surface area (Å²) in [6.45, 7) is 6.34. The quantitative estimate of drug-likeness (QED) is 0.302. The van der Waals surface area contributed by atoms with Crippen LogP contribution in [-0.2, 0) is 11.3 Å². The number of imidazole rings is 1. The van der Waals surface area contributed by atoms with Gasteiger partial charge in [0.25, 0.3) is 0 Å². The molecule has 0 atom stereocenters. The summed E-state index contributed by atoms with van der Waals surface area (Å²) in [6, 6.07) is 9.54. The third-order valence-corrected chi connectivity index (χ3v) is 7.16. The van der Waals surface area contributed by atoms with Crippen LogP contribution in [0.3, 0.4) is 0 Å². The molecule has 1 aliphatic carbocycles. The van der Waals surface area contributed by atoms with E-state index < -0.39 is 0 Å². The highest BCUT2D eigenvalue weighted by molar-refractivity contribution is 6.33. The Morgan fingerprint density at radius 2 is 2.00 bits per heavy atom. The summed E-state index contributed by atoms with van der Waals surface area (Å²) in [7, 11) is 0. The number of amides is 1. The van der Waals surface area contributed by atoms with Gasteiger partial charge in [-0.05, 0) is 62.6 Å². The average Bonchev–Trinajstić information content (AvgIpc) is 3.49. The van der Waals surface area contributed by atoms with Crippen molar-refractivity contribution in [3.63, 3.8) is 0 Å². The second kappa shape index (κ2) is 9.30. The lowest BCUT2D eigenvalue weighted by Crippen LogP contribution is -2.45. The summed E-state index contributed by atoms with van der Waals surface area (Å²) in [4.78, 5) is 31.7. The third-order valence-electron chi connectivity index (χ3n) is 6.85. The van der Waals surface area contributed by atoms with Gasteiger partial charge < -0.3 is 18.9 Å². The van der Waals surface area contributed by atoms with E-state index in [9.17, 15) is 4.79 Å². The van der Waals surface area contributed by atoms with E-state index in [1.807, 2.05) is 35.8 Å². The number of fused-ring (bicyclic) bond motifs is 1. The minimum absolute atomic E-state index is 0.168. The van der Waals surface area contributed by atoms with Gasteiger partial charge in [-0.3, -0.25) is 9.78 Å². The van der Waals surface area contributed by atoms with Crippen LogP contribution in [0.4, 0.5) is 0 Å². The van der Waals surface area contributed by atoms with Crippen molar-refractivity contribution < 1.29 is 14.3 Å². The number of β-lactam (4-membered cyclic amide) rings is 1. The standard InChI is InChI=1S/C27H27ClN6O3/c1-17-5-9-29-18(13-17)15-34-24(32-23-25(34)30-16-31-26(23)37-27(2)7-8-27)20-4-3-19(14-21(20)28)36-12-11-33-10-6-22(33)35/h3-5,9,13-14,16H,6-8,10-12,15H2,1-2H3. The molecular formula is C27H27ClN6O3. The summed E-state index contributed by atoms with van der Waals surface area (Å²) in [5.41, 5.74) is 3.78. The molecule has 9 nitrogen and oxygen atoms in total. The first kappa shape index (κ1) is 23.7. The minimum atomic E-state index is -0.208. The normalized spacial score (nSPS) is 16.1. The van der Waals surface area contributed by atoms with Crippen molar-refractivity contribution in [1.82, 2.24) is 29.4 Å². The van der Waals surface area contributed by atoms with Crippen LogP contribution in [0.2, 0.25) is 5.02 Å². The van der Waals surface area contributed by atoms with E-state index in [1.165, 1.54) is 6.33 Å². The summed E-state index contributed by atoms with van der Waals surface area (Å²) in [5.74, 6) is 1.92. The largest absolute Gasteiger partial charge is 0.492 e. The first-order valence-corrected chi connectivity index (χ1v) is 12.8. The van der Waals surface area contributed by atoms with Gasteiger partial charge in [-0.25, -0.2) is 9.97 Å². The van der Waals surface area contributed by atoms with Crippen LogP contribution in [0.15, 0.2) is 42.9 Å².